The molecular weight excluding hydrogens is 136 g/mol. The van der Waals surface area contributed by atoms with Gasteiger partial charge in [-0.05, 0) is 31.6 Å². The number of hydrogen-bond donors (Lipinski definition) is 0. The second-order valence-corrected chi connectivity index (χ2v) is 4.36. The smallest absolute Gasteiger partial charge is 0.137 e. The van der Waals surface area contributed by atoms with Crippen LogP contribution in [0.1, 0.15) is 20.3 Å². The van der Waals surface area contributed by atoms with E-state index < -0.39 is 0 Å². The van der Waals surface area contributed by atoms with Crippen molar-refractivity contribution in [3.05, 3.63) is 11.1 Å². The molecule has 4 unspecified atom stereocenters. The van der Waals surface area contributed by atoms with E-state index in [2.05, 4.69) is 13.8 Å². The SMILES string of the molecule is CC(C)=C1C2CC(=O)C3C1C23. The predicted molar refractivity (Wildman–Crippen MR) is 42.0 cm³/mol. The number of ketones is 1. The van der Waals surface area contributed by atoms with E-state index in [1.54, 1.807) is 5.57 Å². The molecule has 11 heavy (non-hydrogen) atoms. The Balaban J connectivity index is 2.02. The van der Waals surface area contributed by atoms with Crippen molar-refractivity contribution >= 4 is 5.78 Å². The first kappa shape index (κ1) is 5.99. The Morgan fingerprint density at radius 2 is 2.09 bits per heavy atom. The number of fused-ring (bicyclic) bond motifs is 1. The van der Waals surface area contributed by atoms with Gasteiger partial charge in [0.2, 0.25) is 0 Å². The third-order valence-electron chi connectivity index (χ3n) is 3.67. The Morgan fingerprint density at radius 3 is 2.45 bits per heavy atom. The lowest BCUT2D eigenvalue weighted by molar-refractivity contribution is -0.120. The van der Waals surface area contributed by atoms with Gasteiger partial charge in [0.05, 0.1) is 0 Å². The standard InChI is InChI=1S/C10H12O/c1-4(2)7-5-3-6(11)9-8(5)10(7)9/h5,8-10H,3H2,1-2H3. The Labute approximate surface area is 66.5 Å². The van der Waals surface area contributed by atoms with Crippen molar-refractivity contribution in [1.29, 1.82) is 0 Å². The number of rotatable bonds is 0. The summed E-state index contributed by atoms with van der Waals surface area (Å²) in [5.41, 5.74) is 3.12. The van der Waals surface area contributed by atoms with Crippen LogP contribution in [0.2, 0.25) is 0 Å². The zero-order chi connectivity index (χ0) is 7.75. The molecule has 1 nitrogen and oxygen atoms in total. The number of Topliss-reactive ketones (excluding diaryl/α,β-unsaturated/α-hetero) is 1. The predicted octanol–water partition coefficient (Wildman–Crippen LogP) is 1.79. The van der Waals surface area contributed by atoms with Gasteiger partial charge in [-0.2, -0.15) is 0 Å². The first-order valence-electron chi connectivity index (χ1n) is 4.42. The first-order chi connectivity index (χ1) is 5.22. The summed E-state index contributed by atoms with van der Waals surface area (Å²) in [5.74, 6) is 3.28. The third-order valence-corrected chi connectivity index (χ3v) is 3.67. The highest BCUT2D eigenvalue weighted by atomic mass is 16.1. The molecule has 0 radical (unpaired) electrons. The molecule has 3 fully saturated rings. The summed E-state index contributed by atoms with van der Waals surface area (Å²) >= 11 is 0. The van der Waals surface area contributed by atoms with Gasteiger partial charge in [-0.3, -0.25) is 4.79 Å². The Morgan fingerprint density at radius 1 is 1.36 bits per heavy atom. The molecule has 0 bridgehead atoms. The maximum atomic E-state index is 11.2. The van der Waals surface area contributed by atoms with Gasteiger partial charge < -0.3 is 0 Å². The van der Waals surface area contributed by atoms with Crippen LogP contribution in [0.5, 0.6) is 0 Å². The molecule has 0 spiro atoms. The van der Waals surface area contributed by atoms with Gasteiger partial charge in [0.1, 0.15) is 5.78 Å². The fourth-order valence-corrected chi connectivity index (χ4v) is 3.29. The average molecular weight is 148 g/mol. The van der Waals surface area contributed by atoms with Gasteiger partial charge in [0.15, 0.2) is 0 Å². The van der Waals surface area contributed by atoms with Gasteiger partial charge in [0.25, 0.3) is 0 Å². The minimum absolute atomic E-state index is 0.491. The summed E-state index contributed by atoms with van der Waals surface area (Å²) in [6.45, 7) is 4.37. The van der Waals surface area contributed by atoms with Crippen LogP contribution >= 0.6 is 0 Å². The number of hydrogen-bond acceptors (Lipinski definition) is 1. The summed E-state index contributed by atoms with van der Waals surface area (Å²) in [7, 11) is 0. The summed E-state index contributed by atoms with van der Waals surface area (Å²) in [6, 6.07) is 0. The summed E-state index contributed by atoms with van der Waals surface area (Å²) < 4.78 is 0. The molecule has 0 saturated heterocycles. The van der Waals surface area contributed by atoms with Crippen LogP contribution < -0.4 is 0 Å². The maximum Gasteiger partial charge on any atom is 0.137 e. The van der Waals surface area contributed by atoms with E-state index in [4.69, 9.17) is 0 Å². The van der Waals surface area contributed by atoms with Gasteiger partial charge in [-0.15, -0.1) is 0 Å². The van der Waals surface area contributed by atoms with Crippen molar-refractivity contribution in [3.63, 3.8) is 0 Å². The van der Waals surface area contributed by atoms with Gasteiger partial charge in [-0.1, -0.05) is 11.1 Å². The van der Waals surface area contributed by atoms with Crippen LogP contribution in [0.3, 0.4) is 0 Å². The molecule has 0 aromatic carbocycles. The average Bonchev–Trinajstić information content (AvgIpc) is 2.43. The van der Waals surface area contributed by atoms with E-state index in [9.17, 15) is 4.79 Å². The van der Waals surface area contributed by atoms with Crippen LogP contribution in [-0.2, 0) is 4.79 Å². The fraction of sp³-hybridized carbons (Fsp3) is 0.700. The molecule has 3 aliphatic carbocycles. The molecule has 0 heterocycles. The lowest BCUT2D eigenvalue weighted by Gasteiger charge is -2.30. The molecule has 0 aromatic heterocycles. The molecule has 3 aliphatic rings. The third kappa shape index (κ3) is 0.463. The van der Waals surface area contributed by atoms with Crippen molar-refractivity contribution in [2.75, 3.05) is 0 Å². The van der Waals surface area contributed by atoms with Crippen LogP contribution in [0.25, 0.3) is 0 Å². The second-order valence-electron chi connectivity index (χ2n) is 4.36. The zero-order valence-corrected chi connectivity index (χ0v) is 6.92. The van der Waals surface area contributed by atoms with E-state index in [-0.39, 0.29) is 0 Å². The lowest BCUT2D eigenvalue weighted by atomic mass is 9.74. The topological polar surface area (TPSA) is 17.1 Å². The fourth-order valence-electron chi connectivity index (χ4n) is 3.29. The molecule has 1 heteroatoms. The molecule has 0 aromatic rings. The van der Waals surface area contributed by atoms with E-state index >= 15 is 0 Å². The van der Waals surface area contributed by atoms with Crippen LogP contribution in [0, 0.1) is 23.7 Å². The van der Waals surface area contributed by atoms with E-state index in [1.165, 1.54) is 5.57 Å². The summed E-state index contributed by atoms with van der Waals surface area (Å²) in [5, 5.41) is 0. The highest BCUT2D eigenvalue weighted by Gasteiger charge is 2.73. The van der Waals surface area contributed by atoms with Crippen LogP contribution in [-0.4, -0.2) is 5.78 Å². The summed E-state index contributed by atoms with van der Waals surface area (Å²) in [6.07, 6.45) is 0.867. The van der Waals surface area contributed by atoms with Gasteiger partial charge >= 0.3 is 0 Å². The molecule has 0 amide bonds. The van der Waals surface area contributed by atoms with Gasteiger partial charge in [0, 0.05) is 12.3 Å². The molecule has 3 saturated carbocycles. The Kier molecular flexibility index (Phi) is 0.790. The molecule has 4 atom stereocenters. The Bertz CT molecular complexity index is 283. The summed E-state index contributed by atoms with van der Waals surface area (Å²) in [4.78, 5) is 11.2. The van der Waals surface area contributed by atoms with E-state index in [0.29, 0.717) is 17.6 Å². The molecule has 3 rings (SSSR count). The van der Waals surface area contributed by atoms with E-state index in [0.717, 1.165) is 18.3 Å². The minimum atomic E-state index is 0.491. The number of carbonyl (C=O) groups is 1. The Hall–Kier alpha value is -0.590. The van der Waals surface area contributed by atoms with Crippen molar-refractivity contribution in [2.24, 2.45) is 23.7 Å². The van der Waals surface area contributed by atoms with Gasteiger partial charge in [-0.25, -0.2) is 0 Å². The van der Waals surface area contributed by atoms with Crippen molar-refractivity contribution in [3.8, 4) is 0 Å². The highest BCUT2D eigenvalue weighted by molar-refractivity contribution is 5.92. The van der Waals surface area contributed by atoms with Crippen molar-refractivity contribution < 1.29 is 4.79 Å². The maximum absolute atomic E-state index is 11.2. The molecule has 0 aliphatic heterocycles. The largest absolute Gasteiger partial charge is 0.299 e. The molecule has 0 N–H and O–H groups in total. The molecule has 58 valence electrons. The number of carbonyl (C=O) groups excluding carboxylic acids is 1. The highest BCUT2D eigenvalue weighted by Crippen LogP contribution is 2.74. The number of allylic oxidation sites excluding steroid dienone is 2. The van der Waals surface area contributed by atoms with Crippen LogP contribution in [0.4, 0.5) is 0 Å². The normalized spacial score (nSPS) is 50.4. The zero-order valence-electron chi connectivity index (χ0n) is 6.92. The lowest BCUT2D eigenvalue weighted by Crippen LogP contribution is -2.24. The minimum Gasteiger partial charge on any atom is -0.299 e. The monoisotopic (exact) mass is 148 g/mol. The van der Waals surface area contributed by atoms with Crippen molar-refractivity contribution in [1.82, 2.24) is 0 Å². The second kappa shape index (κ2) is 1.45. The molecular formula is C10H12O. The van der Waals surface area contributed by atoms with Crippen LogP contribution in [0.15, 0.2) is 11.1 Å². The quantitative estimate of drug-likeness (QED) is 0.479. The first-order valence-corrected chi connectivity index (χ1v) is 4.42. The van der Waals surface area contributed by atoms with Crippen molar-refractivity contribution in [2.45, 2.75) is 20.3 Å². The van der Waals surface area contributed by atoms with E-state index in [1.807, 2.05) is 0 Å².